The van der Waals surface area contributed by atoms with Crippen LogP contribution < -0.4 is 5.56 Å². The molecule has 0 saturated carbocycles. The van der Waals surface area contributed by atoms with Crippen LogP contribution in [0, 0.1) is 6.92 Å². The van der Waals surface area contributed by atoms with Gasteiger partial charge in [0.25, 0.3) is 5.56 Å². The minimum Gasteiger partial charge on any atom is -0.478 e. The summed E-state index contributed by atoms with van der Waals surface area (Å²) < 4.78 is 24.5. The minimum absolute atomic E-state index is 0.0566. The molecule has 1 aromatic carbocycles. The van der Waals surface area contributed by atoms with Gasteiger partial charge < -0.3 is 5.11 Å². The van der Waals surface area contributed by atoms with Gasteiger partial charge in [-0.15, -0.1) is 5.11 Å². The van der Waals surface area contributed by atoms with Gasteiger partial charge in [0.05, 0.1) is 34.5 Å². The second-order valence-electron chi connectivity index (χ2n) is 5.87. The lowest BCUT2D eigenvalue weighted by Gasteiger charge is -2.07. The Kier molecular flexibility index (Phi) is 4.29. The molecule has 2 N–H and O–H groups in total. The van der Waals surface area contributed by atoms with Crippen LogP contribution in [0.2, 0.25) is 0 Å². The Hall–Kier alpha value is -2.75. The van der Waals surface area contributed by atoms with Crippen LogP contribution in [-0.4, -0.2) is 40.8 Å². The fourth-order valence-corrected chi connectivity index (χ4v) is 4.42. The number of nitrogens with one attached hydrogen (secondary N) is 1. The lowest BCUT2D eigenvalue weighted by atomic mass is 10.2. The van der Waals surface area contributed by atoms with Crippen molar-refractivity contribution in [2.24, 2.45) is 10.2 Å². The van der Waals surface area contributed by atoms with E-state index in [1.165, 1.54) is 22.9 Å². The summed E-state index contributed by atoms with van der Waals surface area (Å²) in [5, 5.41) is 19.7. The van der Waals surface area contributed by atoms with E-state index in [1.807, 2.05) is 0 Å². The molecule has 1 fully saturated rings. The maximum absolute atomic E-state index is 12.5. The molecule has 25 heavy (non-hydrogen) atoms. The Bertz CT molecular complexity index is 1020. The summed E-state index contributed by atoms with van der Waals surface area (Å²) in [4.78, 5) is 23.4. The zero-order valence-electron chi connectivity index (χ0n) is 13.3. The Morgan fingerprint density at radius 3 is 2.76 bits per heavy atom. The van der Waals surface area contributed by atoms with Crippen LogP contribution in [0.5, 0.6) is 0 Å². The molecule has 0 spiro atoms. The van der Waals surface area contributed by atoms with Gasteiger partial charge in [-0.25, -0.2) is 17.9 Å². The number of azo groups is 1. The molecule has 1 aliphatic rings. The predicted molar refractivity (Wildman–Crippen MR) is 89.7 cm³/mol. The zero-order chi connectivity index (χ0) is 18.2. The molecule has 3 rings (SSSR count). The topological polar surface area (TPSA) is 134 Å². The number of rotatable bonds is 4. The normalized spacial score (nSPS) is 19.5. The molecule has 1 saturated heterocycles. The summed E-state index contributed by atoms with van der Waals surface area (Å²) in [6.07, 6.45) is 0.374. The highest BCUT2D eigenvalue weighted by Crippen LogP contribution is 2.24. The molecule has 2 heterocycles. The molecule has 132 valence electrons. The molecular formula is C15H16N4O5S. The Morgan fingerprint density at radius 2 is 2.12 bits per heavy atom. The third-order valence-electron chi connectivity index (χ3n) is 4.00. The minimum atomic E-state index is -3.12. The molecule has 0 radical (unpaired) electrons. The number of aromatic carboxylic acids is 1. The van der Waals surface area contributed by atoms with Crippen molar-refractivity contribution < 1.29 is 18.3 Å². The molecule has 10 heteroatoms. The van der Waals surface area contributed by atoms with Crippen molar-refractivity contribution in [1.29, 1.82) is 0 Å². The van der Waals surface area contributed by atoms with Crippen LogP contribution in [0.25, 0.3) is 0 Å². The maximum atomic E-state index is 12.5. The van der Waals surface area contributed by atoms with E-state index >= 15 is 0 Å². The van der Waals surface area contributed by atoms with E-state index in [9.17, 15) is 18.0 Å². The SMILES string of the molecule is Cc1[nH]n(C2CCS(=O)(=O)C2)c(=O)c1N=Nc1cccc(C(=O)O)c1. The number of hydrogen-bond acceptors (Lipinski definition) is 6. The summed E-state index contributed by atoms with van der Waals surface area (Å²) in [6.45, 7) is 1.64. The van der Waals surface area contributed by atoms with Crippen molar-refractivity contribution in [3.8, 4) is 0 Å². The number of carboxylic acid groups (broad SMARTS) is 1. The van der Waals surface area contributed by atoms with Gasteiger partial charge in [0, 0.05) is 0 Å². The number of aromatic nitrogens is 2. The number of aromatic amines is 1. The standard InChI is InChI=1S/C15H16N4O5S/c1-9-13(17-16-11-4-2-3-10(7-11)15(21)22)14(20)19(18-9)12-5-6-25(23,24)8-12/h2-4,7,12,18H,5-6,8H2,1H3,(H,21,22). The highest BCUT2D eigenvalue weighted by Gasteiger charge is 2.31. The van der Waals surface area contributed by atoms with Crippen LogP contribution in [0.15, 0.2) is 39.3 Å². The van der Waals surface area contributed by atoms with Crippen LogP contribution in [0.3, 0.4) is 0 Å². The number of hydrogen-bond donors (Lipinski definition) is 2. The number of nitrogens with zero attached hydrogens (tertiary/aromatic N) is 3. The van der Waals surface area contributed by atoms with Gasteiger partial charge in [-0.1, -0.05) is 6.07 Å². The van der Waals surface area contributed by atoms with Crippen LogP contribution in [-0.2, 0) is 9.84 Å². The van der Waals surface area contributed by atoms with Crippen LogP contribution in [0.4, 0.5) is 11.4 Å². The van der Waals surface area contributed by atoms with E-state index in [-0.39, 0.29) is 22.8 Å². The molecule has 0 bridgehead atoms. The number of sulfone groups is 1. The Morgan fingerprint density at radius 1 is 1.36 bits per heavy atom. The lowest BCUT2D eigenvalue weighted by molar-refractivity contribution is 0.0697. The van der Waals surface area contributed by atoms with E-state index in [0.717, 1.165) is 0 Å². The quantitative estimate of drug-likeness (QED) is 0.800. The van der Waals surface area contributed by atoms with Gasteiger partial charge in [-0.05, 0) is 31.5 Å². The molecule has 0 amide bonds. The molecule has 1 aliphatic heterocycles. The Labute approximate surface area is 142 Å². The van der Waals surface area contributed by atoms with E-state index < -0.39 is 27.4 Å². The number of H-pyrrole nitrogens is 1. The second-order valence-corrected chi connectivity index (χ2v) is 8.10. The second kappa shape index (κ2) is 6.28. The summed E-state index contributed by atoms with van der Waals surface area (Å²) in [6, 6.07) is 5.44. The van der Waals surface area contributed by atoms with Crippen molar-refractivity contribution >= 4 is 27.2 Å². The Balaban J connectivity index is 1.90. The van der Waals surface area contributed by atoms with E-state index in [2.05, 4.69) is 15.3 Å². The van der Waals surface area contributed by atoms with Gasteiger partial charge in [-0.3, -0.25) is 9.89 Å². The third-order valence-corrected chi connectivity index (χ3v) is 5.75. The van der Waals surface area contributed by atoms with Gasteiger partial charge >= 0.3 is 5.97 Å². The molecule has 0 aliphatic carbocycles. The van der Waals surface area contributed by atoms with Gasteiger partial charge in [0.2, 0.25) is 0 Å². The average Bonchev–Trinajstić information content (AvgIpc) is 3.05. The maximum Gasteiger partial charge on any atom is 0.335 e. The third kappa shape index (κ3) is 3.53. The monoisotopic (exact) mass is 364 g/mol. The fraction of sp³-hybridized carbons (Fsp3) is 0.333. The summed E-state index contributed by atoms with van der Waals surface area (Å²) >= 11 is 0. The summed E-state index contributed by atoms with van der Waals surface area (Å²) in [5.41, 5.74) is 0.459. The van der Waals surface area contributed by atoms with Crippen molar-refractivity contribution in [2.75, 3.05) is 11.5 Å². The molecular weight excluding hydrogens is 348 g/mol. The number of benzene rings is 1. The summed E-state index contributed by atoms with van der Waals surface area (Å²) in [7, 11) is -3.12. The first-order valence-electron chi connectivity index (χ1n) is 7.53. The van der Waals surface area contributed by atoms with Crippen molar-refractivity contribution in [1.82, 2.24) is 9.78 Å². The van der Waals surface area contributed by atoms with Crippen molar-refractivity contribution in [3.63, 3.8) is 0 Å². The number of carbonyl (C=O) groups is 1. The molecule has 2 aromatic rings. The first-order valence-corrected chi connectivity index (χ1v) is 9.35. The number of carboxylic acids is 1. The fourth-order valence-electron chi connectivity index (χ4n) is 2.72. The largest absolute Gasteiger partial charge is 0.478 e. The van der Waals surface area contributed by atoms with Gasteiger partial charge in [0.1, 0.15) is 0 Å². The molecule has 1 unspecified atom stereocenters. The lowest BCUT2D eigenvalue weighted by Crippen LogP contribution is -2.23. The van der Waals surface area contributed by atoms with Crippen LogP contribution in [0.1, 0.15) is 28.5 Å². The van der Waals surface area contributed by atoms with Crippen molar-refractivity contribution in [2.45, 2.75) is 19.4 Å². The average molecular weight is 364 g/mol. The van der Waals surface area contributed by atoms with E-state index in [0.29, 0.717) is 17.8 Å². The molecule has 1 aromatic heterocycles. The number of aryl methyl sites for hydroxylation is 1. The summed E-state index contributed by atoms with van der Waals surface area (Å²) in [5.74, 6) is -1.11. The highest BCUT2D eigenvalue weighted by molar-refractivity contribution is 7.91. The highest BCUT2D eigenvalue weighted by atomic mass is 32.2. The predicted octanol–water partition coefficient (Wildman–Crippen LogP) is 1.96. The smallest absolute Gasteiger partial charge is 0.335 e. The zero-order valence-corrected chi connectivity index (χ0v) is 14.2. The van der Waals surface area contributed by atoms with Crippen LogP contribution >= 0.6 is 0 Å². The van der Waals surface area contributed by atoms with E-state index in [4.69, 9.17) is 5.11 Å². The van der Waals surface area contributed by atoms with Gasteiger partial charge in [0.15, 0.2) is 15.5 Å². The molecule has 1 atom stereocenters. The van der Waals surface area contributed by atoms with Crippen molar-refractivity contribution in [3.05, 3.63) is 45.9 Å². The molecule has 9 nitrogen and oxygen atoms in total. The van der Waals surface area contributed by atoms with Gasteiger partial charge in [-0.2, -0.15) is 5.11 Å². The first-order chi connectivity index (χ1) is 11.8. The van der Waals surface area contributed by atoms with E-state index in [1.54, 1.807) is 13.0 Å². The first kappa shape index (κ1) is 17.1.